The van der Waals surface area contributed by atoms with Crippen molar-refractivity contribution in [2.24, 2.45) is 0 Å². The van der Waals surface area contributed by atoms with Crippen LogP contribution in [0.15, 0.2) is 54.6 Å². The average Bonchev–Trinajstić information content (AvgIpc) is 2.58. The first-order valence-electron chi connectivity index (χ1n) is 7.70. The minimum Gasteiger partial charge on any atom is -0.493 e. The zero-order valence-corrected chi connectivity index (χ0v) is 12.8. The van der Waals surface area contributed by atoms with E-state index < -0.39 is 0 Å². The number of hydrogen-bond acceptors (Lipinski definition) is 3. The number of ether oxygens (including phenoxy) is 2. The molecule has 118 valence electrons. The number of aliphatic hydroxyl groups excluding tert-OH is 1. The number of nitrogens with two attached hydrogens (primary N) is 1. The Morgan fingerprint density at radius 2 is 1.50 bits per heavy atom. The van der Waals surface area contributed by atoms with Gasteiger partial charge in [-0.15, -0.1) is 0 Å². The van der Waals surface area contributed by atoms with Gasteiger partial charge in [-0.2, -0.15) is 0 Å². The highest BCUT2D eigenvalue weighted by Gasteiger charge is 1.98. The van der Waals surface area contributed by atoms with Gasteiger partial charge in [0.15, 0.2) is 0 Å². The van der Waals surface area contributed by atoms with Crippen molar-refractivity contribution in [3.8, 4) is 11.5 Å². The second-order valence-electron chi connectivity index (χ2n) is 5.04. The summed E-state index contributed by atoms with van der Waals surface area (Å²) in [4.78, 5) is 0. The van der Waals surface area contributed by atoms with Crippen molar-refractivity contribution in [2.45, 2.75) is 13.0 Å². The summed E-state index contributed by atoms with van der Waals surface area (Å²) < 4.78 is 11.4. The monoisotopic (exact) mass is 302 g/mol. The number of rotatable bonds is 10. The molecule has 2 aromatic carbocycles. The molecule has 0 aromatic heterocycles. The van der Waals surface area contributed by atoms with Crippen molar-refractivity contribution in [1.82, 2.24) is 0 Å². The topological polar surface area (TPSA) is 55.3 Å². The molecule has 0 atom stereocenters. The molecule has 0 spiro atoms. The van der Waals surface area contributed by atoms with E-state index in [0.29, 0.717) is 13.2 Å². The minimum absolute atomic E-state index is 0.227. The molecule has 2 rings (SSSR count). The lowest BCUT2D eigenvalue weighted by Crippen LogP contribution is -2.85. The fraction of sp³-hybridized carbons (Fsp3) is 0.333. The van der Waals surface area contributed by atoms with Gasteiger partial charge in [0.1, 0.15) is 18.1 Å². The summed E-state index contributed by atoms with van der Waals surface area (Å²) in [5.41, 5.74) is 1.15. The molecule has 0 amide bonds. The Morgan fingerprint density at radius 3 is 2.18 bits per heavy atom. The van der Waals surface area contributed by atoms with E-state index in [9.17, 15) is 0 Å². The van der Waals surface area contributed by atoms with Crippen molar-refractivity contribution in [3.05, 3.63) is 60.2 Å². The van der Waals surface area contributed by atoms with Gasteiger partial charge < -0.3 is 19.9 Å². The van der Waals surface area contributed by atoms with Crippen LogP contribution in [0.3, 0.4) is 0 Å². The zero-order chi connectivity index (χ0) is 15.5. The molecule has 4 heteroatoms. The second-order valence-corrected chi connectivity index (χ2v) is 5.04. The number of aliphatic hydroxyl groups is 1. The van der Waals surface area contributed by atoms with Crippen LogP contribution in [0.1, 0.15) is 12.0 Å². The van der Waals surface area contributed by atoms with Crippen LogP contribution < -0.4 is 14.8 Å². The van der Waals surface area contributed by atoms with E-state index >= 15 is 0 Å². The highest BCUT2D eigenvalue weighted by molar-refractivity contribution is 5.31. The van der Waals surface area contributed by atoms with Gasteiger partial charge in [0, 0.05) is 6.42 Å². The molecule has 0 aliphatic rings. The van der Waals surface area contributed by atoms with Crippen LogP contribution in [0, 0.1) is 0 Å². The lowest BCUT2D eigenvalue weighted by molar-refractivity contribution is -0.656. The summed E-state index contributed by atoms with van der Waals surface area (Å²) in [5, 5.41) is 10.8. The molecule has 0 fully saturated rings. The van der Waals surface area contributed by atoms with Crippen LogP contribution in [0.5, 0.6) is 11.5 Å². The average molecular weight is 302 g/mol. The molecule has 0 saturated heterocycles. The van der Waals surface area contributed by atoms with E-state index in [4.69, 9.17) is 14.6 Å². The third kappa shape index (κ3) is 6.16. The maximum atomic E-state index is 8.67. The van der Waals surface area contributed by atoms with Crippen LogP contribution in [0.25, 0.3) is 0 Å². The van der Waals surface area contributed by atoms with Gasteiger partial charge in [-0.05, 0) is 29.8 Å². The molecule has 3 N–H and O–H groups in total. The highest BCUT2D eigenvalue weighted by Crippen LogP contribution is 2.18. The first kappa shape index (κ1) is 16.3. The second kappa shape index (κ2) is 9.82. The van der Waals surface area contributed by atoms with Crippen LogP contribution >= 0.6 is 0 Å². The predicted molar refractivity (Wildman–Crippen MR) is 86.1 cm³/mol. The largest absolute Gasteiger partial charge is 0.493 e. The smallest absolute Gasteiger partial charge is 0.120 e. The highest BCUT2D eigenvalue weighted by atomic mass is 16.5. The summed E-state index contributed by atoms with van der Waals surface area (Å²) in [6, 6.07) is 17.8. The number of benzene rings is 2. The minimum atomic E-state index is 0.227. The first-order valence-corrected chi connectivity index (χ1v) is 7.70. The Bertz CT molecular complexity index is 514. The summed E-state index contributed by atoms with van der Waals surface area (Å²) in [7, 11) is 0. The Kier molecular flexibility index (Phi) is 7.29. The lowest BCUT2D eigenvalue weighted by Gasteiger charge is -2.08. The quantitative estimate of drug-likeness (QED) is 0.655. The van der Waals surface area contributed by atoms with E-state index in [1.54, 1.807) is 0 Å². The van der Waals surface area contributed by atoms with Gasteiger partial charge >= 0.3 is 0 Å². The molecule has 0 aliphatic heterocycles. The first-order chi connectivity index (χ1) is 10.9. The SMILES string of the molecule is OCC[NH2+]CCCOc1ccc(OCc2ccccc2)cc1. The number of quaternary nitrogens is 1. The summed E-state index contributed by atoms with van der Waals surface area (Å²) in [5.74, 6) is 1.70. The van der Waals surface area contributed by atoms with Crippen LogP contribution in [0.2, 0.25) is 0 Å². The Balaban J connectivity index is 1.67. The summed E-state index contributed by atoms with van der Waals surface area (Å²) >= 11 is 0. The maximum Gasteiger partial charge on any atom is 0.120 e. The predicted octanol–water partition coefficient (Wildman–Crippen LogP) is 1.59. The molecular formula is C18H24NO3+. The standard InChI is InChI=1S/C18H23NO3/c20-13-12-19-11-4-14-21-17-7-9-18(10-8-17)22-15-16-5-2-1-3-6-16/h1-3,5-10,19-20H,4,11-15H2/p+1. The molecule has 0 saturated carbocycles. The Hall–Kier alpha value is -2.04. The third-order valence-corrected chi connectivity index (χ3v) is 3.23. The molecule has 4 nitrogen and oxygen atoms in total. The molecule has 22 heavy (non-hydrogen) atoms. The fourth-order valence-corrected chi connectivity index (χ4v) is 2.03. The van der Waals surface area contributed by atoms with Crippen LogP contribution in [-0.2, 0) is 6.61 Å². The van der Waals surface area contributed by atoms with E-state index in [1.807, 2.05) is 54.6 Å². The maximum absolute atomic E-state index is 8.67. The molecule has 0 heterocycles. The van der Waals surface area contributed by atoms with Gasteiger partial charge in [-0.1, -0.05) is 30.3 Å². The van der Waals surface area contributed by atoms with Gasteiger partial charge in [-0.25, -0.2) is 0 Å². The van der Waals surface area contributed by atoms with Gasteiger partial charge in [-0.3, -0.25) is 0 Å². The van der Waals surface area contributed by atoms with E-state index in [-0.39, 0.29) is 6.61 Å². The molecule has 2 aromatic rings. The normalized spacial score (nSPS) is 10.4. The lowest BCUT2D eigenvalue weighted by atomic mass is 10.2. The number of hydrogen-bond donors (Lipinski definition) is 2. The van der Waals surface area contributed by atoms with Gasteiger partial charge in [0.05, 0.1) is 26.3 Å². The Morgan fingerprint density at radius 1 is 0.818 bits per heavy atom. The van der Waals surface area contributed by atoms with Crippen molar-refractivity contribution >= 4 is 0 Å². The molecular weight excluding hydrogens is 278 g/mol. The van der Waals surface area contributed by atoms with Crippen molar-refractivity contribution in [2.75, 3.05) is 26.3 Å². The fourth-order valence-electron chi connectivity index (χ4n) is 2.03. The zero-order valence-electron chi connectivity index (χ0n) is 12.8. The van der Waals surface area contributed by atoms with Crippen molar-refractivity contribution in [3.63, 3.8) is 0 Å². The molecule has 0 bridgehead atoms. The molecule has 0 radical (unpaired) electrons. The van der Waals surface area contributed by atoms with Gasteiger partial charge in [0.25, 0.3) is 0 Å². The van der Waals surface area contributed by atoms with E-state index in [0.717, 1.165) is 36.6 Å². The third-order valence-electron chi connectivity index (χ3n) is 3.23. The summed E-state index contributed by atoms with van der Waals surface area (Å²) in [6.45, 7) is 3.21. The van der Waals surface area contributed by atoms with Gasteiger partial charge in [0.2, 0.25) is 0 Å². The van der Waals surface area contributed by atoms with Crippen LogP contribution in [0.4, 0.5) is 0 Å². The van der Waals surface area contributed by atoms with E-state index in [1.165, 1.54) is 0 Å². The molecule has 0 unspecified atom stereocenters. The Labute approximate surface area is 131 Å². The van der Waals surface area contributed by atoms with Crippen molar-refractivity contribution in [1.29, 1.82) is 0 Å². The van der Waals surface area contributed by atoms with E-state index in [2.05, 4.69) is 5.32 Å². The summed E-state index contributed by atoms with van der Waals surface area (Å²) in [6.07, 6.45) is 0.965. The van der Waals surface area contributed by atoms with Crippen LogP contribution in [-0.4, -0.2) is 31.4 Å². The van der Waals surface area contributed by atoms with Crippen molar-refractivity contribution < 1.29 is 19.9 Å². The molecule has 0 aliphatic carbocycles.